The molecule has 2 amide bonds. The average molecular weight is 381 g/mol. The maximum absolute atomic E-state index is 13.0. The second-order valence-electron chi connectivity index (χ2n) is 7.83. The lowest BCUT2D eigenvalue weighted by Crippen LogP contribution is -2.40. The van der Waals surface area contributed by atoms with Crippen molar-refractivity contribution in [2.24, 2.45) is 5.41 Å². The van der Waals surface area contributed by atoms with Crippen LogP contribution in [-0.4, -0.2) is 61.1 Å². The average Bonchev–Trinajstić information content (AvgIpc) is 3.05. The third-order valence-corrected chi connectivity index (χ3v) is 5.75. The van der Waals surface area contributed by atoms with Gasteiger partial charge in [-0.2, -0.15) is 0 Å². The number of morpholine rings is 1. The molecular weight excluding hydrogens is 352 g/mol. The number of thiazole rings is 1. The van der Waals surface area contributed by atoms with E-state index in [1.54, 1.807) is 4.90 Å². The summed E-state index contributed by atoms with van der Waals surface area (Å²) in [5.41, 5.74) is -0.547. The number of carbonyl (C=O) groups excluding carboxylic acids is 2. The number of amides is 2. The van der Waals surface area contributed by atoms with Gasteiger partial charge >= 0.3 is 0 Å². The summed E-state index contributed by atoms with van der Waals surface area (Å²) in [5.74, 6) is 0.189. The van der Waals surface area contributed by atoms with Crippen LogP contribution in [0.5, 0.6) is 0 Å². The molecule has 2 aliphatic rings. The van der Waals surface area contributed by atoms with Crippen molar-refractivity contribution in [1.29, 1.82) is 0 Å². The van der Waals surface area contributed by atoms with E-state index in [0.717, 1.165) is 31.1 Å². The van der Waals surface area contributed by atoms with Gasteiger partial charge in [0, 0.05) is 31.6 Å². The summed E-state index contributed by atoms with van der Waals surface area (Å²) in [5, 5.41) is 3.71. The Hall–Kier alpha value is -1.67. The van der Waals surface area contributed by atoms with E-state index in [-0.39, 0.29) is 11.8 Å². The fourth-order valence-corrected chi connectivity index (χ4v) is 4.01. The summed E-state index contributed by atoms with van der Waals surface area (Å²) >= 11 is 1.39. The molecule has 0 atom stereocenters. The first-order valence-corrected chi connectivity index (χ1v) is 10.1. The van der Waals surface area contributed by atoms with Gasteiger partial charge in [0.05, 0.1) is 13.2 Å². The van der Waals surface area contributed by atoms with Crippen molar-refractivity contribution < 1.29 is 14.3 Å². The number of hydrogen-bond acceptors (Lipinski definition) is 6. The number of piperidine rings is 1. The Labute approximate surface area is 158 Å². The highest BCUT2D eigenvalue weighted by molar-refractivity contribution is 7.18. The molecule has 144 valence electrons. The van der Waals surface area contributed by atoms with E-state index in [9.17, 15) is 9.59 Å². The quantitative estimate of drug-likeness (QED) is 0.872. The first-order valence-electron chi connectivity index (χ1n) is 9.30. The van der Waals surface area contributed by atoms with Crippen LogP contribution in [0.4, 0.5) is 10.9 Å². The van der Waals surface area contributed by atoms with Crippen LogP contribution in [0.15, 0.2) is 0 Å². The van der Waals surface area contributed by atoms with Crippen LogP contribution in [0.2, 0.25) is 0 Å². The number of nitrogens with zero attached hydrogens (tertiary/aromatic N) is 3. The maximum Gasteiger partial charge on any atom is 0.268 e. The largest absolute Gasteiger partial charge is 0.378 e. The molecule has 0 aliphatic carbocycles. The highest BCUT2D eigenvalue weighted by Gasteiger charge is 2.30. The molecule has 0 aromatic carbocycles. The van der Waals surface area contributed by atoms with Gasteiger partial charge in [0.15, 0.2) is 10.9 Å². The van der Waals surface area contributed by atoms with E-state index in [2.05, 4.69) is 15.2 Å². The summed E-state index contributed by atoms with van der Waals surface area (Å²) < 4.78 is 5.34. The van der Waals surface area contributed by atoms with E-state index in [0.29, 0.717) is 37.0 Å². The topological polar surface area (TPSA) is 74.8 Å². The molecule has 3 rings (SSSR count). The summed E-state index contributed by atoms with van der Waals surface area (Å²) in [7, 11) is 0. The van der Waals surface area contributed by atoms with Crippen LogP contribution in [0.3, 0.4) is 0 Å². The zero-order valence-corrected chi connectivity index (χ0v) is 16.7. The van der Waals surface area contributed by atoms with E-state index >= 15 is 0 Å². The first kappa shape index (κ1) is 19.1. The molecule has 0 radical (unpaired) electrons. The normalized spacial score (nSPS) is 18.7. The Kier molecular flexibility index (Phi) is 5.82. The van der Waals surface area contributed by atoms with Gasteiger partial charge in [-0.15, -0.1) is 0 Å². The van der Waals surface area contributed by atoms with Crippen LogP contribution in [-0.2, 0) is 9.53 Å². The minimum absolute atomic E-state index is 0.0710. The first-order chi connectivity index (χ1) is 12.4. The van der Waals surface area contributed by atoms with E-state index in [1.807, 2.05) is 20.8 Å². The van der Waals surface area contributed by atoms with Gasteiger partial charge in [-0.1, -0.05) is 32.1 Å². The number of ether oxygens (including phenoxy) is 1. The van der Waals surface area contributed by atoms with Gasteiger partial charge in [0.25, 0.3) is 5.91 Å². The number of anilines is 2. The maximum atomic E-state index is 13.0. The lowest BCUT2D eigenvalue weighted by Gasteiger charge is -2.27. The Morgan fingerprint density at radius 1 is 1.08 bits per heavy atom. The lowest BCUT2D eigenvalue weighted by molar-refractivity contribution is -0.123. The predicted molar refractivity (Wildman–Crippen MR) is 103 cm³/mol. The van der Waals surface area contributed by atoms with Crippen LogP contribution in [0, 0.1) is 5.41 Å². The van der Waals surface area contributed by atoms with Gasteiger partial charge in [-0.25, -0.2) is 4.98 Å². The highest BCUT2D eigenvalue weighted by Crippen LogP contribution is 2.33. The molecule has 2 aliphatic heterocycles. The van der Waals surface area contributed by atoms with Gasteiger partial charge in [-0.3, -0.25) is 9.59 Å². The third-order valence-electron chi connectivity index (χ3n) is 4.65. The SMILES string of the molecule is CC(C)(C)C(=O)Nc1nc(N2CCCCC2)sc1C(=O)N1CCOCC1. The smallest absolute Gasteiger partial charge is 0.268 e. The molecule has 0 spiro atoms. The minimum Gasteiger partial charge on any atom is -0.378 e. The van der Waals surface area contributed by atoms with Crippen molar-refractivity contribution in [3.05, 3.63) is 4.88 Å². The molecule has 0 unspecified atom stereocenters. The number of rotatable bonds is 3. The van der Waals surface area contributed by atoms with Crippen molar-refractivity contribution in [1.82, 2.24) is 9.88 Å². The molecule has 1 N–H and O–H groups in total. The summed E-state index contributed by atoms with van der Waals surface area (Å²) in [6, 6.07) is 0. The number of carbonyl (C=O) groups is 2. The summed E-state index contributed by atoms with van der Waals surface area (Å²) in [6.45, 7) is 9.69. The lowest BCUT2D eigenvalue weighted by atomic mass is 9.96. The number of hydrogen-bond donors (Lipinski definition) is 1. The molecule has 8 heteroatoms. The van der Waals surface area contributed by atoms with Gasteiger partial charge in [0.1, 0.15) is 4.88 Å². The Morgan fingerprint density at radius 2 is 1.73 bits per heavy atom. The van der Waals surface area contributed by atoms with Crippen LogP contribution in [0.25, 0.3) is 0 Å². The predicted octanol–water partition coefficient (Wildman–Crippen LogP) is 2.59. The molecule has 1 aromatic heterocycles. The van der Waals surface area contributed by atoms with Crippen molar-refractivity contribution in [3.63, 3.8) is 0 Å². The molecule has 7 nitrogen and oxygen atoms in total. The Morgan fingerprint density at radius 3 is 2.35 bits per heavy atom. The fraction of sp³-hybridized carbons (Fsp3) is 0.722. The van der Waals surface area contributed by atoms with Gasteiger partial charge in [0.2, 0.25) is 5.91 Å². The van der Waals surface area contributed by atoms with Gasteiger partial charge < -0.3 is 19.9 Å². The Bertz CT molecular complexity index is 656. The van der Waals surface area contributed by atoms with E-state index < -0.39 is 5.41 Å². The minimum atomic E-state index is -0.547. The molecule has 3 heterocycles. The highest BCUT2D eigenvalue weighted by atomic mass is 32.1. The second-order valence-corrected chi connectivity index (χ2v) is 8.81. The van der Waals surface area contributed by atoms with Gasteiger partial charge in [-0.05, 0) is 19.3 Å². The summed E-state index contributed by atoms with van der Waals surface area (Å²) in [6.07, 6.45) is 3.50. The summed E-state index contributed by atoms with van der Waals surface area (Å²) in [4.78, 5) is 34.6. The van der Waals surface area contributed by atoms with E-state index in [4.69, 9.17) is 4.74 Å². The zero-order chi connectivity index (χ0) is 18.7. The molecule has 2 fully saturated rings. The molecule has 26 heavy (non-hydrogen) atoms. The number of nitrogens with one attached hydrogen (secondary N) is 1. The molecule has 2 saturated heterocycles. The Balaban J connectivity index is 1.87. The molecular formula is C18H28N4O3S. The second kappa shape index (κ2) is 7.92. The van der Waals surface area contributed by atoms with Crippen LogP contribution < -0.4 is 10.2 Å². The monoisotopic (exact) mass is 380 g/mol. The van der Waals surface area contributed by atoms with Crippen molar-refractivity contribution in [2.45, 2.75) is 40.0 Å². The standard InChI is InChI=1S/C18H28N4O3S/c1-18(2,3)16(24)19-14-13(15(23)21-9-11-25-12-10-21)26-17(20-14)22-7-5-4-6-8-22/h4-12H2,1-3H3,(H,19,24). The number of aromatic nitrogens is 1. The van der Waals surface area contributed by atoms with Crippen LogP contribution >= 0.6 is 11.3 Å². The molecule has 0 saturated carbocycles. The third kappa shape index (κ3) is 4.35. The van der Waals surface area contributed by atoms with Crippen molar-refractivity contribution in [3.8, 4) is 0 Å². The van der Waals surface area contributed by atoms with Crippen molar-refractivity contribution >= 4 is 34.1 Å². The van der Waals surface area contributed by atoms with Crippen LogP contribution in [0.1, 0.15) is 49.7 Å². The zero-order valence-electron chi connectivity index (χ0n) is 15.8. The molecule has 0 bridgehead atoms. The van der Waals surface area contributed by atoms with E-state index in [1.165, 1.54) is 17.8 Å². The fourth-order valence-electron chi connectivity index (χ4n) is 2.96. The molecule has 1 aromatic rings. The van der Waals surface area contributed by atoms with Crippen molar-refractivity contribution in [2.75, 3.05) is 49.6 Å².